The van der Waals surface area contributed by atoms with Gasteiger partial charge in [-0.1, -0.05) is 42.5 Å². The number of fused-ring (bicyclic) bond motifs is 1. The van der Waals surface area contributed by atoms with Crippen molar-refractivity contribution in [1.29, 1.82) is 0 Å². The van der Waals surface area contributed by atoms with Crippen molar-refractivity contribution in [3.63, 3.8) is 0 Å². The number of aryl methyl sites for hydroxylation is 1. The molecule has 0 saturated heterocycles. The lowest BCUT2D eigenvalue weighted by molar-refractivity contribution is -0.150. The Morgan fingerprint density at radius 3 is 2.76 bits per heavy atom. The van der Waals surface area contributed by atoms with Gasteiger partial charge in [0.2, 0.25) is 0 Å². The molecule has 0 spiro atoms. The Morgan fingerprint density at radius 1 is 1.17 bits per heavy atom. The van der Waals surface area contributed by atoms with Gasteiger partial charge in [-0.05, 0) is 56.4 Å². The van der Waals surface area contributed by atoms with Gasteiger partial charge in [0.05, 0.1) is 12.6 Å². The fourth-order valence-corrected chi connectivity index (χ4v) is 3.52. The molecule has 0 unspecified atom stereocenters. The van der Waals surface area contributed by atoms with Crippen LogP contribution in [0.15, 0.2) is 54.6 Å². The summed E-state index contributed by atoms with van der Waals surface area (Å²) in [7, 11) is 0. The lowest BCUT2D eigenvalue weighted by atomic mass is 9.87. The number of carbonyl (C=O) groups is 2. The van der Waals surface area contributed by atoms with Crippen molar-refractivity contribution >= 4 is 18.0 Å². The molecular formula is C24H27NO4. The maximum absolute atomic E-state index is 12.5. The van der Waals surface area contributed by atoms with Gasteiger partial charge in [-0.15, -0.1) is 0 Å². The van der Waals surface area contributed by atoms with Crippen LogP contribution in [0.2, 0.25) is 0 Å². The van der Waals surface area contributed by atoms with Crippen molar-refractivity contribution in [3.05, 3.63) is 71.3 Å². The molecule has 0 heterocycles. The van der Waals surface area contributed by atoms with Crippen LogP contribution in [0.1, 0.15) is 49.4 Å². The number of esters is 1. The minimum Gasteiger partial charge on any atom is -0.493 e. The van der Waals surface area contributed by atoms with Crippen molar-refractivity contribution in [2.24, 2.45) is 0 Å². The van der Waals surface area contributed by atoms with Crippen LogP contribution < -0.4 is 10.1 Å². The standard InChI is InChI=1S/C24H27NO4/c1-3-28-22-14-7-5-10-19(22)15-16-23(26)29-17(2)24(27)25-21-13-8-11-18-9-4-6-12-20(18)21/h4-7,9-10,12,14-17,21H,3,8,11,13H2,1-2H3,(H,25,27)/b16-15+/t17-,21+/m0/s1. The first kappa shape index (κ1) is 20.6. The normalized spacial score (nSPS) is 16.7. The van der Waals surface area contributed by atoms with E-state index in [1.807, 2.05) is 43.3 Å². The van der Waals surface area contributed by atoms with Gasteiger partial charge in [-0.3, -0.25) is 4.79 Å². The average Bonchev–Trinajstić information content (AvgIpc) is 2.73. The molecule has 0 radical (unpaired) electrons. The summed E-state index contributed by atoms with van der Waals surface area (Å²) in [6.07, 6.45) is 5.02. The summed E-state index contributed by atoms with van der Waals surface area (Å²) in [4.78, 5) is 24.7. The van der Waals surface area contributed by atoms with Gasteiger partial charge in [-0.2, -0.15) is 0 Å². The first-order valence-corrected chi connectivity index (χ1v) is 10.1. The number of para-hydroxylation sites is 1. The van der Waals surface area contributed by atoms with Crippen LogP contribution in [0, 0.1) is 0 Å². The van der Waals surface area contributed by atoms with E-state index in [2.05, 4.69) is 17.4 Å². The molecule has 0 aliphatic heterocycles. The van der Waals surface area contributed by atoms with Crippen molar-refractivity contribution in [3.8, 4) is 5.75 Å². The van der Waals surface area contributed by atoms with E-state index >= 15 is 0 Å². The summed E-state index contributed by atoms with van der Waals surface area (Å²) in [6, 6.07) is 15.5. The van der Waals surface area contributed by atoms with E-state index in [0.717, 1.165) is 30.4 Å². The molecular weight excluding hydrogens is 366 g/mol. The molecule has 0 fully saturated rings. The first-order valence-electron chi connectivity index (χ1n) is 10.1. The predicted octanol–water partition coefficient (Wildman–Crippen LogP) is 4.22. The lowest BCUT2D eigenvalue weighted by Gasteiger charge is -2.27. The number of amides is 1. The highest BCUT2D eigenvalue weighted by Gasteiger charge is 2.24. The van der Waals surface area contributed by atoms with Gasteiger partial charge in [0.15, 0.2) is 6.10 Å². The monoisotopic (exact) mass is 393 g/mol. The van der Waals surface area contributed by atoms with E-state index in [4.69, 9.17) is 9.47 Å². The van der Waals surface area contributed by atoms with Crippen LogP contribution in [-0.4, -0.2) is 24.6 Å². The van der Waals surface area contributed by atoms with Crippen LogP contribution in [0.4, 0.5) is 0 Å². The van der Waals surface area contributed by atoms with E-state index < -0.39 is 12.1 Å². The lowest BCUT2D eigenvalue weighted by Crippen LogP contribution is -2.39. The molecule has 0 aromatic heterocycles. The maximum Gasteiger partial charge on any atom is 0.331 e. The third-order valence-corrected chi connectivity index (χ3v) is 4.97. The highest BCUT2D eigenvalue weighted by Crippen LogP contribution is 2.29. The van der Waals surface area contributed by atoms with E-state index in [1.54, 1.807) is 13.0 Å². The van der Waals surface area contributed by atoms with E-state index in [9.17, 15) is 9.59 Å². The maximum atomic E-state index is 12.5. The second-order valence-corrected chi connectivity index (χ2v) is 7.04. The zero-order valence-corrected chi connectivity index (χ0v) is 16.9. The minimum atomic E-state index is -0.872. The fourth-order valence-electron chi connectivity index (χ4n) is 3.52. The first-order chi connectivity index (χ1) is 14.1. The number of hydrogen-bond donors (Lipinski definition) is 1. The Kier molecular flexibility index (Phi) is 7.06. The minimum absolute atomic E-state index is 0.0396. The molecule has 1 amide bonds. The number of rotatable bonds is 7. The van der Waals surface area contributed by atoms with Crippen LogP contribution in [0.25, 0.3) is 6.08 Å². The Hall–Kier alpha value is -3.08. The van der Waals surface area contributed by atoms with Crippen LogP contribution >= 0.6 is 0 Å². The summed E-state index contributed by atoms with van der Waals surface area (Å²) in [5, 5.41) is 3.02. The smallest absolute Gasteiger partial charge is 0.331 e. The summed E-state index contributed by atoms with van der Waals surface area (Å²) in [5.41, 5.74) is 3.20. The molecule has 0 bridgehead atoms. The second kappa shape index (κ2) is 9.92. The average molecular weight is 393 g/mol. The molecule has 2 atom stereocenters. The predicted molar refractivity (Wildman–Crippen MR) is 112 cm³/mol. The molecule has 5 nitrogen and oxygen atoms in total. The van der Waals surface area contributed by atoms with Crippen LogP contribution in [0.3, 0.4) is 0 Å². The third-order valence-electron chi connectivity index (χ3n) is 4.97. The zero-order chi connectivity index (χ0) is 20.6. The number of nitrogens with one attached hydrogen (secondary N) is 1. The largest absolute Gasteiger partial charge is 0.493 e. The SMILES string of the molecule is CCOc1ccccc1/C=C/C(=O)O[C@@H](C)C(=O)N[C@@H]1CCCc2ccccc21. The van der Waals surface area contributed by atoms with Crippen molar-refractivity contribution in [2.45, 2.75) is 45.3 Å². The Bertz CT molecular complexity index is 890. The van der Waals surface area contributed by atoms with Gasteiger partial charge in [-0.25, -0.2) is 4.79 Å². The van der Waals surface area contributed by atoms with Gasteiger partial charge in [0.1, 0.15) is 5.75 Å². The molecule has 29 heavy (non-hydrogen) atoms. The van der Waals surface area contributed by atoms with Crippen LogP contribution in [0.5, 0.6) is 5.75 Å². The summed E-state index contributed by atoms with van der Waals surface area (Å²) in [5.74, 6) is -0.160. The van der Waals surface area contributed by atoms with Gasteiger partial charge >= 0.3 is 5.97 Å². The molecule has 1 aliphatic rings. The molecule has 3 rings (SSSR count). The molecule has 5 heteroatoms. The summed E-state index contributed by atoms with van der Waals surface area (Å²) in [6.45, 7) is 4.03. The number of ether oxygens (including phenoxy) is 2. The Labute approximate surface area is 171 Å². The quantitative estimate of drug-likeness (QED) is 0.565. The molecule has 2 aromatic rings. The van der Waals surface area contributed by atoms with E-state index in [0.29, 0.717) is 12.4 Å². The highest BCUT2D eigenvalue weighted by molar-refractivity contribution is 5.90. The molecule has 1 N–H and O–H groups in total. The second-order valence-electron chi connectivity index (χ2n) is 7.04. The fraction of sp³-hybridized carbons (Fsp3) is 0.333. The van der Waals surface area contributed by atoms with Crippen molar-refractivity contribution in [2.75, 3.05) is 6.61 Å². The van der Waals surface area contributed by atoms with E-state index in [1.165, 1.54) is 11.6 Å². The van der Waals surface area contributed by atoms with Crippen LogP contribution in [-0.2, 0) is 20.7 Å². The molecule has 0 saturated carbocycles. The van der Waals surface area contributed by atoms with E-state index in [-0.39, 0.29) is 11.9 Å². The summed E-state index contributed by atoms with van der Waals surface area (Å²) >= 11 is 0. The Morgan fingerprint density at radius 2 is 1.93 bits per heavy atom. The zero-order valence-electron chi connectivity index (χ0n) is 16.9. The van der Waals surface area contributed by atoms with Gasteiger partial charge in [0, 0.05) is 11.6 Å². The van der Waals surface area contributed by atoms with Crippen molar-refractivity contribution in [1.82, 2.24) is 5.32 Å². The summed E-state index contributed by atoms with van der Waals surface area (Å²) < 4.78 is 10.8. The van der Waals surface area contributed by atoms with Crippen molar-refractivity contribution < 1.29 is 19.1 Å². The molecule has 152 valence electrons. The number of carbonyl (C=O) groups excluding carboxylic acids is 2. The highest BCUT2D eigenvalue weighted by atomic mass is 16.5. The Balaban J connectivity index is 1.57. The third kappa shape index (κ3) is 5.47. The topological polar surface area (TPSA) is 64.6 Å². The number of benzene rings is 2. The van der Waals surface area contributed by atoms with Gasteiger partial charge in [0.25, 0.3) is 5.91 Å². The number of hydrogen-bond acceptors (Lipinski definition) is 4. The molecule has 1 aliphatic carbocycles. The molecule has 2 aromatic carbocycles. The van der Waals surface area contributed by atoms with Gasteiger partial charge < -0.3 is 14.8 Å².